The molecule has 0 atom stereocenters. The molecule has 2 N–H and O–H groups in total. The molecule has 0 aliphatic carbocycles. The van der Waals surface area contributed by atoms with Crippen LogP contribution in [0.25, 0.3) is 0 Å². The van der Waals surface area contributed by atoms with E-state index in [1.54, 1.807) is 50.2 Å². The molecular formula is C22H25N2O7PS2. The van der Waals surface area contributed by atoms with Gasteiger partial charge in [-0.3, -0.25) is 14.0 Å². The van der Waals surface area contributed by atoms with E-state index in [1.807, 2.05) is 0 Å². The molecule has 0 bridgehead atoms. The van der Waals surface area contributed by atoms with Crippen molar-refractivity contribution < 1.29 is 30.4 Å². The molecule has 0 unspecified atom stereocenters. The van der Waals surface area contributed by atoms with Crippen LogP contribution in [0.3, 0.4) is 0 Å². The molecule has 0 fully saturated rings. The Hall–Kier alpha value is -2.69. The Morgan fingerprint density at radius 1 is 0.706 bits per heavy atom. The van der Waals surface area contributed by atoms with E-state index in [0.717, 1.165) is 0 Å². The first kappa shape index (κ1) is 25.9. The average molecular weight is 525 g/mol. The lowest BCUT2D eigenvalue weighted by Gasteiger charge is -2.22. The summed E-state index contributed by atoms with van der Waals surface area (Å²) in [6, 6.07) is 19.3. The smallest absolute Gasteiger partial charge is 0.305 e. The molecule has 182 valence electrons. The molecule has 0 aliphatic heterocycles. The van der Waals surface area contributed by atoms with E-state index in [0.29, 0.717) is 0 Å². The van der Waals surface area contributed by atoms with Crippen molar-refractivity contribution in [3.8, 4) is 0 Å². The summed E-state index contributed by atoms with van der Waals surface area (Å²) in [4.78, 5) is 0.0284. The van der Waals surface area contributed by atoms with Gasteiger partial charge in [0.2, 0.25) is 0 Å². The Labute approximate surface area is 199 Å². The molecule has 12 heteroatoms. The monoisotopic (exact) mass is 524 g/mol. The Morgan fingerprint density at radius 3 is 1.65 bits per heavy atom. The minimum absolute atomic E-state index is 0.00235. The number of nitrogens with one attached hydrogen (secondary N) is 2. The molecule has 0 heterocycles. The van der Waals surface area contributed by atoms with Gasteiger partial charge in [0, 0.05) is 5.69 Å². The van der Waals surface area contributed by atoms with Gasteiger partial charge in [-0.1, -0.05) is 36.4 Å². The molecule has 3 aromatic rings. The molecule has 0 aromatic heterocycles. The second-order valence-corrected chi connectivity index (χ2v) is 12.3. The Balaban J connectivity index is 2.08. The lowest BCUT2D eigenvalue weighted by molar-refractivity contribution is 0.230. The van der Waals surface area contributed by atoms with Crippen LogP contribution in [-0.4, -0.2) is 30.0 Å². The largest absolute Gasteiger partial charge is 0.363 e. The standard InChI is InChI=1S/C22H25N2O7PS2/c1-3-30-32(25,31-4-2)22-17-18(23-33(26,27)19-11-7-5-8-12-19)15-16-21(22)24-34(28,29)20-13-9-6-10-14-20/h5-17,23-24H,3-4H2,1-2H3. The third kappa shape index (κ3) is 6.05. The quantitative estimate of drug-likeness (QED) is 0.360. The highest BCUT2D eigenvalue weighted by Crippen LogP contribution is 2.49. The maximum Gasteiger partial charge on any atom is 0.363 e. The van der Waals surface area contributed by atoms with E-state index >= 15 is 0 Å². The maximum absolute atomic E-state index is 13.6. The first-order chi connectivity index (χ1) is 16.1. The Kier molecular flexibility index (Phi) is 8.17. The minimum Gasteiger partial charge on any atom is -0.305 e. The van der Waals surface area contributed by atoms with Crippen molar-refractivity contribution in [2.75, 3.05) is 22.7 Å². The Morgan fingerprint density at radius 2 is 1.18 bits per heavy atom. The number of sulfonamides is 2. The summed E-state index contributed by atoms with van der Waals surface area (Å²) in [7, 11) is -12.0. The van der Waals surface area contributed by atoms with Crippen LogP contribution in [0.5, 0.6) is 0 Å². The van der Waals surface area contributed by atoms with Gasteiger partial charge in [-0.2, -0.15) is 0 Å². The van der Waals surface area contributed by atoms with E-state index in [9.17, 15) is 21.4 Å². The molecule has 0 aliphatic rings. The van der Waals surface area contributed by atoms with Crippen LogP contribution in [0.4, 0.5) is 11.4 Å². The topological polar surface area (TPSA) is 128 Å². The van der Waals surface area contributed by atoms with Crippen molar-refractivity contribution in [2.24, 2.45) is 0 Å². The minimum atomic E-state index is -4.04. The maximum atomic E-state index is 13.6. The van der Waals surface area contributed by atoms with Gasteiger partial charge in [0.25, 0.3) is 20.0 Å². The van der Waals surface area contributed by atoms with Gasteiger partial charge >= 0.3 is 7.60 Å². The van der Waals surface area contributed by atoms with Crippen molar-refractivity contribution >= 4 is 44.3 Å². The number of benzene rings is 3. The van der Waals surface area contributed by atoms with Gasteiger partial charge in [-0.25, -0.2) is 16.8 Å². The van der Waals surface area contributed by atoms with Gasteiger partial charge in [0.05, 0.1) is 34.0 Å². The van der Waals surface area contributed by atoms with E-state index in [-0.39, 0.29) is 39.7 Å². The predicted molar refractivity (Wildman–Crippen MR) is 131 cm³/mol. The first-order valence-electron chi connectivity index (χ1n) is 10.3. The number of rotatable bonds is 11. The van der Waals surface area contributed by atoms with Crippen molar-refractivity contribution in [1.82, 2.24) is 0 Å². The molecular weight excluding hydrogens is 499 g/mol. The van der Waals surface area contributed by atoms with Gasteiger partial charge < -0.3 is 9.05 Å². The summed E-state index contributed by atoms with van der Waals surface area (Å²) in [5.41, 5.74) is -0.00195. The van der Waals surface area contributed by atoms with Gasteiger partial charge in [0.1, 0.15) is 0 Å². The first-order valence-corrected chi connectivity index (χ1v) is 14.8. The zero-order valence-electron chi connectivity index (χ0n) is 18.5. The summed E-state index contributed by atoms with van der Waals surface area (Å²) in [6.45, 7) is 3.26. The molecule has 0 radical (unpaired) electrons. The summed E-state index contributed by atoms with van der Waals surface area (Å²) in [6.07, 6.45) is 0. The van der Waals surface area contributed by atoms with Crippen LogP contribution >= 0.6 is 7.60 Å². The van der Waals surface area contributed by atoms with E-state index < -0.39 is 27.6 Å². The zero-order valence-corrected chi connectivity index (χ0v) is 21.1. The van der Waals surface area contributed by atoms with Crippen LogP contribution in [0.2, 0.25) is 0 Å². The van der Waals surface area contributed by atoms with E-state index in [4.69, 9.17) is 9.05 Å². The number of hydrogen-bond acceptors (Lipinski definition) is 7. The third-order valence-electron chi connectivity index (χ3n) is 4.49. The number of hydrogen-bond donors (Lipinski definition) is 2. The fraction of sp³-hybridized carbons (Fsp3) is 0.182. The molecule has 3 rings (SSSR count). The second-order valence-electron chi connectivity index (χ2n) is 6.90. The van der Waals surface area contributed by atoms with Crippen molar-refractivity contribution in [2.45, 2.75) is 23.6 Å². The summed E-state index contributed by atoms with van der Waals surface area (Å²) >= 11 is 0. The van der Waals surface area contributed by atoms with E-state index in [2.05, 4.69) is 9.44 Å². The SMILES string of the molecule is CCOP(=O)(OCC)c1cc(NS(=O)(=O)c2ccccc2)ccc1NS(=O)(=O)c1ccccc1. The molecule has 0 saturated heterocycles. The summed E-state index contributed by atoms with van der Waals surface area (Å²) in [5.74, 6) is 0. The van der Waals surface area contributed by atoms with Crippen molar-refractivity contribution in [3.63, 3.8) is 0 Å². The van der Waals surface area contributed by atoms with Crippen LogP contribution in [0.1, 0.15) is 13.8 Å². The Bertz CT molecular complexity index is 1370. The molecule has 34 heavy (non-hydrogen) atoms. The molecule has 0 saturated carbocycles. The lowest BCUT2D eigenvalue weighted by Crippen LogP contribution is -2.22. The average Bonchev–Trinajstić information content (AvgIpc) is 2.81. The number of anilines is 2. The summed E-state index contributed by atoms with van der Waals surface area (Å²) < 4.78 is 80.6. The normalized spacial score (nSPS) is 12.3. The lowest BCUT2D eigenvalue weighted by atomic mass is 10.3. The molecule has 0 amide bonds. The van der Waals surface area contributed by atoms with Crippen LogP contribution < -0.4 is 14.7 Å². The fourth-order valence-electron chi connectivity index (χ4n) is 3.04. The molecule has 3 aromatic carbocycles. The van der Waals surface area contributed by atoms with Crippen molar-refractivity contribution in [1.29, 1.82) is 0 Å². The highest BCUT2D eigenvalue weighted by atomic mass is 32.2. The van der Waals surface area contributed by atoms with Crippen LogP contribution in [-0.2, 0) is 33.7 Å². The van der Waals surface area contributed by atoms with Crippen molar-refractivity contribution in [3.05, 3.63) is 78.9 Å². The van der Waals surface area contributed by atoms with Crippen LogP contribution in [0.15, 0.2) is 88.7 Å². The van der Waals surface area contributed by atoms with Gasteiger partial charge in [0.15, 0.2) is 0 Å². The highest BCUT2D eigenvalue weighted by molar-refractivity contribution is 7.93. The fourth-order valence-corrected chi connectivity index (χ4v) is 7.04. The van der Waals surface area contributed by atoms with Gasteiger partial charge in [-0.15, -0.1) is 0 Å². The second kappa shape index (κ2) is 10.7. The van der Waals surface area contributed by atoms with E-state index in [1.165, 1.54) is 42.5 Å². The molecule has 0 spiro atoms. The predicted octanol–water partition coefficient (Wildman–Crippen LogP) is 4.18. The summed E-state index contributed by atoms with van der Waals surface area (Å²) in [5, 5.41) is -0.121. The zero-order chi connectivity index (χ0) is 24.8. The molecule has 9 nitrogen and oxygen atoms in total. The highest BCUT2D eigenvalue weighted by Gasteiger charge is 2.32. The third-order valence-corrected chi connectivity index (χ3v) is 9.43. The van der Waals surface area contributed by atoms with Crippen LogP contribution in [0, 0.1) is 0 Å². The van der Waals surface area contributed by atoms with Gasteiger partial charge in [-0.05, 0) is 56.3 Å².